The zero-order valence-electron chi connectivity index (χ0n) is 19.1. The maximum Gasteiger partial charge on any atom is 0.291 e. The molecule has 3 aromatic heterocycles. The molecular weight excluding hydrogens is 490 g/mol. The van der Waals surface area contributed by atoms with Crippen LogP contribution in [-0.2, 0) is 36.6 Å². The Kier molecular flexibility index (Phi) is 5.74. The minimum absolute atomic E-state index is 0.115. The Morgan fingerprint density at radius 3 is 2.66 bits per heavy atom. The van der Waals surface area contributed by atoms with E-state index in [1.165, 1.54) is 39.6 Å². The maximum atomic E-state index is 13.4. The topological polar surface area (TPSA) is 130 Å². The van der Waals surface area contributed by atoms with Gasteiger partial charge in [-0.1, -0.05) is 0 Å². The van der Waals surface area contributed by atoms with Crippen LogP contribution in [0.1, 0.15) is 26.5 Å². The number of primary amides is 1. The SMILES string of the molecule is COc1ccc(S(=O)(=O)N2CCc3c(n(C)c4c(=O)n(Cc5ccsc5C(N)=O)ncc34)C2)cc1. The standard InChI is InChI=1S/C23H23N5O5S2/c1-26-19-13-27(35(31,32)16-5-3-15(33-2)4-6-16)9-7-17(19)18-11-25-28(23(30)20(18)26)12-14-8-10-34-21(14)22(24)29/h3-6,8,10-11H,7,9,12-13H2,1-2H3,(H2,24,29). The fourth-order valence-electron chi connectivity index (χ4n) is 4.53. The minimum atomic E-state index is -3.73. The van der Waals surface area contributed by atoms with Crippen molar-refractivity contribution in [1.82, 2.24) is 18.7 Å². The summed E-state index contributed by atoms with van der Waals surface area (Å²) in [5, 5.41) is 6.80. The summed E-state index contributed by atoms with van der Waals surface area (Å²) in [6, 6.07) is 8.03. The van der Waals surface area contributed by atoms with Crippen LogP contribution in [0.4, 0.5) is 0 Å². The van der Waals surface area contributed by atoms with Gasteiger partial charge >= 0.3 is 0 Å². The van der Waals surface area contributed by atoms with Gasteiger partial charge in [0.15, 0.2) is 0 Å². The summed E-state index contributed by atoms with van der Waals surface area (Å²) in [5.41, 5.74) is 7.88. The molecule has 0 fully saturated rings. The second-order valence-electron chi connectivity index (χ2n) is 8.26. The van der Waals surface area contributed by atoms with E-state index in [1.807, 2.05) is 0 Å². The van der Waals surface area contributed by atoms with Crippen LogP contribution >= 0.6 is 11.3 Å². The molecule has 4 heterocycles. The van der Waals surface area contributed by atoms with Crippen LogP contribution in [0.2, 0.25) is 0 Å². The fourth-order valence-corrected chi connectivity index (χ4v) is 6.70. The summed E-state index contributed by atoms with van der Waals surface area (Å²) in [5.74, 6) is 0.0318. The van der Waals surface area contributed by atoms with Crippen LogP contribution in [0.3, 0.4) is 0 Å². The molecule has 1 aliphatic heterocycles. The summed E-state index contributed by atoms with van der Waals surface area (Å²) >= 11 is 1.22. The first kappa shape index (κ1) is 23.3. The largest absolute Gasteiger partial charge is 0.497 e. The minimum Gasteiger partial charge on any atom is -0.497 e. The van der Waals surface area contributed by atoms with Gasteiger partial charge in [-0.3, -0.25) is 9.59 Å². The Morgan fingerprint density at radius 1 is 1.23 bits per heavy atom. The Morgan fingerprint density at radius 2 is 1.97 bits per heavy atom. The molecule has 0 radical (unpaired) electrons. The Labute approximate surface area is 205 Å². The van der Waals surface area contributed by atoms with E-state index in [-0.39, 0.29) is 23.5 Å². The van der Waals surface area contributed by atoms with Crippen molar-refractivity contribution in [3.8, 4) is 5.75 Å². The zero-order valence-corrected chi connectivity index (χ0v) is 20.7. The molecular formula is C23H23N5O5S2. The molecule has 35 heavy (non-hydrogen) atoms. The van der Waals surface area contributed by atoms with Crippen molar-refractivity contribution >= 4 is 38.2 Å². The van der Waals surface area contributed by atoms with E-state index in [1.54, 1.807) is 41.4 Å². The fraction of sp³-hybridized carbons (Fsp3) is 0.261. The molecule has 0 spiro atoms. The van der Waals surface area contributed by atoms with Gasteiger partial charge < -0.3 is 15.0 Å². The Bertz CT molecular complexity index is 1620. The molecule has 2 N–H and O–H groups in total. The van der Waals surface area contributed by atoms with E-state index in [2.05, 4.69) is 5.10 Å². The lowest BCUT2D eigenvalue weighted by Gasteiger charge is -2.27. The summed E-state index contributed by atoms with van der Waals surface area (Å²) in [6.07, 6.45) is 2.10. The predicted molar refractivity (Wildman–Crippen MR) is 131 cm³/mol. The zero-order chi connectivity index (χ0) is 24.9. The molecule has 0 atom stereocenters. The van der Waals surface area contributed by atoms with Crippen molar-refractivity contribution < 1.29 is 17.9 Å². The number of thiophene rings is 1. The number of carbonyl (C=O) groups excluding carboxylic acids is 1. The molecule has 0 bridgehead atoms. The number of fused-ring (bicyclic) bond motifs is 3. The summed E-state index contributed by atoms with van der Waals surface area (Å²) < 4.78 is 36.1. The molecule has 0 unspecified atom stereocenters. The van der Waals surface area contributed by atoms with E-state index in [9.17, 15) is 18.0 Å². The number of amides is 1. The number of nitrogens with two attached hydrogens (primary N) is 1. The summed E-state index contributed by atoms with van der Waals surface area (Å²) in [4.78, 5) is 25.6. The number of hydrogen-bond donors (Lipinski definition) is 1. The molecule has 0 saturated carbocycles. The molecule has 0 saturated heterocycles. The van der Waals surface area contributed by atoms with Crippen molar-refractivity contribution in [3.05, 3.63) is 74.0 Å². The first-order valence-corrected chi connectivity index (χ1v) is 13.1. The van der Waals surface area contributed by atoms with Crippen molar-refractivity contribution in [2.75, 3.05) is 13.7 Å². The van der Waals surface area contributed by atoms with Gasteiger partial charge in [-0.25, -0.2) is 13.1 Å². The molecule has 4 aromatic rings. The van der Waals surface area contributed by atoms with Crippen molar-refractivity contribution in [1.29, 1.82) is 0 Å². The van der Waals surface area contributed by atoms with Gasteiger partial charge in [0, 0.05) is 24.7 Å². The van der Waals surface area contributed by atoms with Gasteiger partial charge in [-0.05, 0) is 53.3 Å². The number of ether oxygens (including phenoxy) is 1. The molecule has 1 aromatic carbocycles. The van der Waals surface area contributed by atoms with E-state index in [0.29, 0.717) is 40.1 Å². The van der Waals surface area contributed by atoms with Crippen molar-refractivity contribution in [3.63, 3.8) is 0 Å². The number of aromatic nitrogens is 3. The van der Waals surface area contributed by atoms with Gasteiger partial charge in [0.1, 0.15) is 11.3 Å². The summed E-state index contributed by atoms with van der Waals surface area (Å²) in [7, 11) is -0.443. The highest BCUT2D eigenvalue weighted by Crippen LogP contribution is 2.31. The number of methoxy groups -OCH3 is 1. The molecule has 0 aliphatic carbocycles. The Hall–Kier alpha value is -3.48. The van der Waals surface area contributed by atoms with Crippen LogP contribution in [0, 0.1) is 0 Å². The third-order valence-corrected chi connectivity index (χ3v) is 9.19. The van der Waals surface area contributed by atoms with Crippen molar-refractivity contribution in [2.45, 2.75) is 24.4 Å². The lowest BCUT2D eigenvalue weighted by Crippen LogP contribution is -2.36. The number of hydrogen-bond acceptors (Lipinski definition) is 7. The second-order valence-corrected chi connectivity index (χ2v) is 11.1. The van der Waals surface area contributed by atoms with Crippen LogP contribution in [0.25, 0.3) is 10.9 Å². The quantitative estimate of drug-likeness (QED) is 0.418. The number of rotatable bonds is 6. The van der Waals surface area contributed by atoms with E-state index < -0.39 is 15.9 Å². The third-order valence-electron chi connectivity index (χ3n) is 6.36. The summed E-state index contributed by atoms with van der Waals surface area (Å²) in [6.45, 7) is 0.551. The van der Waals surface area contributed by atoms with Gasteiger partial charge in [-0.15, -0.1) is 11.3 Å². The monoisotopic (exact) mass is 513 g/mol. The van der Waals surface area contributed by atoms with E-state index in [4.69, 9.17) is 10.5 Å². The number of benzene rings is 1. The van der Waals surface area contributed by atoms with E-state index in [0.717, 1.165) is 11.3 Å². The second kappa shape index (κ2) is 8.63. The molecule has 12 heteroatoms. The number of carbonyl (C=O) groups is 1. The van der Waals surface area contributed by atoms with Gasteiger partial charge in [-0.2, -0.15) is 9.40 Å². The maximum absolute atomic E-state index is 13.4. The van der Waals surface area contributed by atoms with Crippen molar-refractivity contribution in [2.24, 2.45) is 12.8 Å². The number of nitrogens with zero attached hydrogens (tertiary/aromatic N) is 4. The average molecular weight is 514 g/mol. The first-order valence-electron chi connectivity index (χ1n) is 10.8. The molecule has 1 aliphatic rings. The number of sulfonamides is 1. The van der Waals surface area contributed by atoms with Gasteiger partial charge in [0.25, 0.3) is 11.5 Å². The van der Waals surface area contributed by atoms with Gasteiger partial charge in [0.2, 0.25) is 10.0 Å². The Balaban J connectivity index is 1.51. The lowest BCUT2D eigenvalue weighted by molar-refractivity contribution is 0.100. The molecule has 1 amide bonds. The number of aryl methyl sites for hydroxylation is 1. The highest BCUT2D eigenvalue weighted by atomic mass is 32.2. The lowest BCUT2D eigenvalue weighted by atomic mass is 10.1. The predicted octanol–water partition coefficient (Wildman–Crippen LogP) is 1.70. The van der Waals surface area contributed by atoms with Gasteiger partial charge in [0.05, 0.1) is 36.2 Å². The van der Waals surface area contributed by atoms with Crippen LogP contribution in [0.15, 0.2) is 51.6 Å². The molecule has 182 valence electrons. The average Bonchev–Trinajstić information content (AvgIpc) is 3.43. The van der Waals surface area contributed by atoms with Crippen LogP contribution in [0.5, 0.6) is 5.75 Å². The first-order chi connectivity index (χ1) is 16.7. The smallest absolute Gasteiger partial charge is 0.291 e. The molecule has 5 rings (SSSR count). The third kappa shape index (κ3) is 3.83. The van der Waals surface area contributed by atoms with Crippen LogP contribution in [-0.4, -0.2) is 46.6 Å². The highest BCUT2D eigenvalue weighted by Gasteiger charge is 2.32. The normalized spacial score (nSPS) is 14.2. The molecule has 10 nitrogen and oxygen atoms in total. The highest BCUT2D eigenvalue weighted by molar-refractivity contribution is 7.89. The van der Waals surface area contributed by atoms with Crippen LogP contribution < -0.4 is 16.0 Å². The van der Waals surface area contributed by atoms with E-state index >= 15 is 0 Å².